The van der Waals surface area contributed by atoms with Crippen molar-refractivity contribution >= 4 is 17.4 Å². The molecule has 0 aliphatic rings. The Kier molecular flexibility index (Phi) is 2.60. The Labute approximate surface area is 76.6 Å². The van der Waals surface area contributed by atoms with Gasteiger partial charge in [0.1, 0.15) is 5.75 Å². The smallest absolute Gasteiger partial charge is 0.446 e. The van der Waals surface area contributed by atoms with Gasteiger partial charge < -0.3 is 10.8 Å². The van der Waals surface area contributed by atoms with Crippen LogP contribution in [0.4, 0.5) is 18.9 Å². The number of nitrogen functional groups attached to an aromatic ring is 1. The predicted molar refractivity (Wildman–Crippen MR) is 44.4 cm³/mol. The molecule has 0 spiro atoms. The summed E-state index contributed by atoms with van der Waals surface area (Å²) in [5.41, 5.74) is 0.929. The molecule has 0 saturated heterocycles. The zero-order valence-corrected chi connectivity index (χ0v) is 7.12. The summed E-state index contributed by atoms with van der Waals surface area (Å²) >= 11 is -0.292. The first-order chi connectivity index (χ1) is 5.88. The highest BCUT2D eigenvalue weighted by atomic mass is 32.2. The molecule has 0 aliphatic heterocycles. The van der Waals surface area contributed by atoms with Gasteiger partial charge in [-0.2, -0.15) is 13.2 Å². The van der Waals surface area contributed by atoms with Crippen molar-refractivity contribution in [1.29, 1.82) is 0 Å². The van der Waals surface area contributed by atoms with E-state index in [0.29, 0.717) is 0 Å². The molecule has 2 nitrogen and oxygen atoms in total. The van der Waals surface area contributed by atoms with Crippen molar-refractivity contribution < 1.29 is 18.3 Å². The minimum absolute atomic E-state index is 0.0616. The molecule has 0 aliphatic carbocycles. The van der Waals surface area contributed by atoms with Crippen LogP contribution in [0.5, 0.6) is 5.75 Å². The zero-order chi connectivity index (χ0) is 10.1. The minimum atomic E-state index is -4.34. The Balaban J connectivity index is 2.86. The van der Waals surface area contributed by atoms with Crippen LogP contribution >= 0.6 is 11.8 Å². The topological polar surface area (TPSA) is 46.2 Å². The number of hydrogen-bond acceptors (Lipinski definition) is 3. The van der Waals surface area contributed by atoms with Gasteiger partial charge >= 0.3 is 5.51 Å². The fourth-order valence-electron chi connectivity index (χ4n) is 0.721. The maximum Gasteiger partial charge on any atom is 0.446 e. The summed E-state index contributed by atoms with van der Waals surface area (Å²) in [4.78, 5) is -0.0841. The third kappa shape index (κ3) is 3.06. The second-order valence-corrected chi connectivity index (χ2v) is 3.41. The molecule has 72 valence electrons. The molecule has 0 heterocycles. The number of anilines is 1. The highest BCUT2D eigenvalue weighted by Gasteiger charge is 2.29. The average Bonchev–Trinajstić information content (AvgIpc) is 1.94. The van der Waals surface area contributed by atoms with Crippen LogP contribution in [0, 0.1) is 0 Å². The van der Waals surface area contributed by atoms with Crippen LogP contribution in [0.1, 0.15) is 0 Å². The van der Waals surface area contributed by atoms with Crippen LogP contribution in [0.2, 0.25) is 0 Å². The third-order valence-corrected chi connectivity index (χ3v) is 1.96. The van der Waals surface area contributed by atoms with Crippen molar-refractivity contribution in [3.8, 4) is 5.75 Å². The summed E-state index contributed by atoms with van der Waals surface area (Å²) in [5.74, 6) is -0.339. The molecule has 6 heteroatoms. The predicted octanol–water partition coefficient (Wildman–Crippen LogP) is 2.59. The lowest BCUT2D eigenvalue weighted by molar-refractivity contribution is -0.0328. The van der Waals surface area contributed by atoms with Gasteiger partial charge in [-0.3, -0.25) is 0 Å². The van der Waals surface area contributed by atoms with E-state index < -0.39 is 5.51 Å². The van der Waals surface area contributed by atoms with E-state index in [0.717, 1.165) is 6.07 Å². The van der Waals surface area contributed by atoms with E-state index in [-0.39, 0.29) is 28.1 Å². The lowest BCUT2D eigenvalue weighted by Crippen LogP contribution is -1.99. The summed E-state index contributed by atoms with van der Waals surface area (Å²) in [7, 11) is 0. The Morgan fingerprint density at radius 2 is 1.92 bits per heavy atom. The molecular weight excluding hydrogens is 203 g/mol. The molecular formula is C7H6F3NOS. The number of alkyl halides is 3. The molecule has 0 aromatic heterocycles. The number of benzene rings is 1. The largest absolute Gasteiger partial charge is 0.506 e. The lowest BCUT2D eigenvalue weighted by atomic mass is 10.3. The number of halogens is 3. The molecule has 0 fully saturated rings. The molecule has 0 atom stereocenters. The Morgan fingerprint density at radius 1 is 1.31 bits per heavy atom. The van der Waals surface area contributed by atoms with Gasteiger partial charge in [-0.15, -0.1) is 0 Å². The fraction of sp³-hybridized carbons (Fsp3) is 0.143. The number of phenols is 1. The van der Waals surface area contributed by atoms with Gasteiger partial charge in [-0.05, 0) is 30.0 Å². The van der Waals surface area contributed by atoms with Gasteiger partial charge in [-0.1, -0.05) is 0 Å². The van der Waals surface area contributed by atoms with Gasteiger partial charge in [0, 0.05) is 4.90 Å². The van der Waals surface area contributed by atoms with Crippen LogP contribution in [-0.2, 0) is 0 Å². The number of rotatable bonds is 1. The summed E-state index contributed by atoms with van der Waals surface area (Å²) < 4.78 is 35.5. The monoisotopic (exact) mass is 209 g/mol. The number of aromatic hydroxyl groups is 1. The van der Waals surface area contributed by atoms with Crippen LogP contribution < -0.4 is 5.73 Å². The van der Waals surface area contributed by atoms with E-state index in [4.69, 9.17) is 10.8 Å². The quantitative estimate of drug-likeness (QED) is 0.424. The van der Waals surface area contributed by atoms with Crippen LogP contribution in [0.15, 0.2) is 23.1 Å². The van der Waals surface area contributed by atoms with Crippen LogP contribution in [0.25, 0.3) is 0 Å². The van der Waals surface area contributed by atoms with Gasteiger partial charge in [0.2, 0.25) is 0 Å². The van der Waals surface area contributed by atoms with Crippen molar-refractivity contribution in [3.63, 3.8) is 0 Å². The molecule has 0 bridgehead atoms. The minimum Gasteiger partial charge on any atom is -0.506 e. The summed E-state index contributed by atoms with van der Waals surface area (Å²) in [6, 6.07) is 3.41. The first-order valence-electron chi connectivity index (χ1n) is 3.23. The first-order valence-corrected chi connectivity index (χ1v) is 4.04. The van der Waals surface area contributed by atoms with Gasteiger partial charge in [0.05, 0.1) is 5.69 Å². The Bertz CT molecular complexity index is 313. The van der Waals surface area contributed by atoms with Crippen molar-refractivity contribution in [2.24, 2.45) is 0 Å². The fourth-order valence-corrected chi connectivity index (χ4v) is 1.29. The maximum absolute atomic E-state index is 11.8. The Morgan fingerprint density at radius 3 is 2.38 bits per heavy atom. The number of hydrogen-bond donors (Lipinski definition) is 2. The highest BCUT2D eigenvalue weighted by Crippen LogP contribution is 2.38. The SMILES string of the molecule is Nc1ccc(SC(F)(F)F)cc1O. The molecule has 1 aromatic carbocycles. The first kappa shape index (κ1) is 10.0. The lowest BCUT2D eigenvalue weighted by Gasteiger charge is -2.06. The number of thioether (sulfide) groups is 1. The highest BCUT2D eigenvalue weighted by molar-refractivity contribution is 8.00. The van der Waals surface area contributed by atoms with Crippen LogP contribution in [0.3, 0.4) is 0 Å². The molecule has 0 unspecified atom stereocenters. The molecule has 0 saturated carbocycles. The molecule has 1 aromatic rings. The normalized spacial score (nSPS) is 11.6. The van der Waals surface area contributed by atoms with Crippen molar-refractivity contribution in [2.75, 3.05) is 5.73 Å². The van der Waals surface area contributed by atoms with Gasteiger partial charge in [0.15, 0.2) is 0 Å². The van der Waals surface area contributed by atoms with E-state index >= 15 is 0 Å². The zero-order valence-electron chi connectivity index (χ0n) is 6.30. The average molecular weight is 209 g/mol. The molecule has 1 rings (SSSR count). The summed E-state index contributed by atoms with van der Waals surface area (Å²) in [6.45, 7) is 0. The van der Waals surface area contributed by atoms with E-state index in [9.17, 15) is 13.2 Å². The second kappa shape index (κ2) is 3.37. The van der Waals surface area contributed by atoms with Crippen LogP contribution in [-0.4, -0.2) is 10.6 Å². The van der Waals surface area contributed by atoms with E-state index in [2.05, 4.69) is 0 Å². The third-order valence-electron chi connectivity index (χ3n) is 1.24. The van der Waals surface area contributed by atoms with Gasteiger partial charge in [-0.25, -0.2) is 0 Å². The Hall–Kier alpha value is -1.04. The molecule has 0 radical (unpaired) electrons. The summed E-state index contributed by atoms with van der Waals surface area (Å²) in [5, 5.41) is 8.99. The summed E-state index contributed by atoms with van der Waals surface area (Å²) in [6.07, 6.45) is 0. The van der Waals surface area contributed by atoms with Crippen molar-refractivity contribution in [3.05, 3.63) is 18.2 Å². The molecule has 13 heavy (non-hydrogen) atoms. The van der Waals surface area contributed by atoms with Gasteiger partial charge in [0.25, 0.3) is 0 Å². The van der Waals surface area contributed by atoms with E-state index in [1.54, 1.807) is 0 Å². The maximum atomic E-state index is 11.8. The number of phenolic OH excluding ortho intramolecular Hbond substituents is 1. The molecule has 3 N–H and O–H groups in total. The number of nitrogens with two attached hydrogens (primary N) is 1. The molecule has 0 amide bonds. The van der Waals surface area contributed by atoms with E-state index in [1.807, 2.05) is 0 Å². The van der Waals surface area contributed by atoms with E-state index in [1.165, 1.54) is 12.1 Å². The van der Waals surface area contributed by atoms with Crippen molar-refractivity contribution in [1.82, 2.24) is 0 Å². The second-order valence-electron chi connectivity index (χ2n) is 2.27. The standard InChI is InChI=1S/C7H6F3NOS/c8-7(9,10)13-4-1-2-5(11)6(12)3-4/h1-3,12H,11H2. The van der Waals surface area contributed by atoms with Crippen molar-refractivity contribution in [2.45, 2.75) is 10.4 Å².